The van der Waals surface area contributed by atoms with Gasteiger partial charge < -0.3 is 15.3 Å². The van der Waals surface area contributed by atoms with Crippen LogP contribution in [0, 0.1) is 6.92 Å². The van der Waals surface area contributed by atoms with Crippen LogP contribution in [0.1, 0.15) is 10.4 Å². The van der Waals surface area contributed by atoms with Crippen molar-refractivity contribution in [2.45, 2.75) is 11.8 Å². The summed E-state index contributed by atoms with van der Waals surface area (Å²) in [5.41, 5.74) is -0.234. The smallest absolute Gasteiger partial charge is 0.328 e. The molecule has 3 rings (SSSR count). The SMILES string of the molecule is Cc1cnc(NC(=O)C2=C(O)c3ccccc3S(=O)(=O)N2C)s1.O=C(O)/C=C\C(=O)O. The van der Waals surface area contributed by atoms with E-state index in [9.17, 15) is 27.9 Å². The molecule has 11 nitrogen and oxygen atoms in total. The number of nitrogens with zero attached hydrogens (tertiary/aromatic N) is 2. The van der Waals surface area contributed by atoms with Gasteiger partial charge in [-0.3, -0.25) is 14.4 Å². The zero-order chi connectivity index (χ0) is 23.3. The lowest BCUT2D eigenvalue weighted by Gasteiger charge is -2.28. The molecule has 0 atom stereocenters. The Morgan fingerprint density at radius 1 is 1.13 bits per heavy atom. The molecule has 0 radical (unpaired) electrons. The number of benzene rings is 1. The molecule has 1 aliphatic heterocycles. The number of carbonyl (C=O) groups excluding carboxylic acids is 1. The number of carboxylic acid groups (broad SMARTS) is 2. The van der Waals surface area contributed by atoms with Crippen molar-refractivity contribution < 1.29 is 38.1 Å². The summed E-state index contributed by atoms with van der Waals surface area (Å²) in [6.07, 6.45) is 2.70. The van der Waals surface area contributed by atoms with Gasteiger partial charge in [0.15, 0.2) is 16.6 Å². The quantitative estimate of drug-likeness (QED) is 0.487. The second-order valence-electron chi connectivity index (χ2n) is 5.91. The minimum Gasteiger partial charge on any atom is -0.505 e. The monoisotopic (exact) mass is 467 g/mol. The van der Waals surface area contributed by atoms with Crippen molar-refractivity contribution in [3.8, 4) is 0 Å². The average molecular weight is 467 g/mol. The number of anilines is 1. The lowest BCUT2D eigenvalue weighted by Crippen LogP contribution is -2.37. The summed E-state index contributed by atoms with van der Waals surface area (Å²) >= 11 is 1.25. The number of aliphatic hydroxyl groups excluding tert-OH is 1. The van der Waals surface area contributed by atoms with Gasteiger partial charge in [-0.2, -0.15) is 0 Å². The highest BCUT2D eigenvalue weighted by Gasteiger charge is 2.37. The van der Waals surface area contributed by atoms with Gasteiger partial charge in [0.25, 0.3) is 15.9 Å². The number of likely N-dealkylation sites (N-methyl/N-ethyl adjacent to an activating group) is 1. The number of hydrogen-bond donors (Lipinski definition) is 4. The number of rotatable bonds is 4. The maximum Gasteiger partial charge on any atom is 0.328 e. The van der Waals surface area contributed by atoms with Gasteiger partial charge in [-0.05, 0) is 19.1 Å². The number of fused-ring (bicyclic) bond motifs is 1. The van der Waals surface area contributed by atoms with Gasteiger partial charge in [-0.1, -0.05) is 12.1 Å². The van der Waals surface area contributed by atoms with Crippen molar-refractivity contribution in [1.29, 1.82) is 0 Å². The van der Waals surface area contributed by atoms with Gasteiger partial charge in [-0.15, -0.1) is 11.3 Å². The van der Waals surface area contributed by atoms with Crippen LogP contribution in [-0.2, 0) is 24.4 Å². The highest BCUT2D eigenvalue weighted by Crippen LogP contribution is 2.34. The summed E-state index contributed by atoms with van der Waals surface area (Å²) in [5.74, 6) is -3.64. The Hall–Kier alpha value is -3.71. The zero-order valence-electron chi connectivity index (χ0n) is 16.1. The molecule has 0 bridgehead atoms. The summed E-state index contributed by atoms with van der Waals surface area (Å²) in [5, 5.41) is 28.8. The van der Waals surface area contributed by atoms with Crippen LogP contribution in [0.4, 0.5) is 5.13 Å². The number of aliphatic hydroxyl groups is 1. The van der Waals surface area contributed by atoms with E-state index in [0.717, 1.165) is 9.18 Å². The number of hydrogen-bond acceptors (Lipinski definition) is 8. The summed E-state index contributed by atoms with van der Waals surface area (Å²) in [7, 11) is -2.67. The second kappa shape index (κ2) is 9.40. The molecule has 13 heteroatoms. The number of carbonyl (C=O) groups is 3. The number of sulfonamides is 1. The minimum absolute atomic E-state index is 0.0401. The van der Waals surface area contributed by atoms with E-state index in [1.165, 1.54) is 30.5 Å². The third-order valence-corrected chi connectivity index (χ3v) is 6.39. The van der Waals surface area contributed by atoms with Crippen LogP contribution in [0.15, 0.2) is 53.2 Å². The fourth-order valence-corrected chi connectivity index (χ4v) is 4.45. The molecule has 164 valence electrons. The van der Waals surface area contributed by atoms with Crippen molar-refractivity contribution in [1.82, 2.24) is 9.29 Å². The largest absolute Gasteiger partial charge is 0.505 e. The average Bonchev–Trinajstić information content (AvgIpc) is 3.10. The number of aryl methyl sites for hydroxylation is 1. The Labute approximate surface area is 180 Å². The summed E-state index contributed by atoms with van der Waals surface area (Å²) in [6.45, 7) is 1.83. The summed E-state index contributed by atoms with van der Waals surface area (Å²) in [4.78, 5) is 36.4. The molecule has 0 unspecified atom stereocenters. The molecule has 1 aliphatic rings. The maximum absolute atomic E-state index is 12.5. The minimum atomic E-state index is -3.90. The van der Waals surface area contributed by atoms with Gasteiger partial charge in [0, 0.05) is 35.8 Å². The van der Waals surface area contributed by atoms with E-state index in [1.807, 2.05) is 6.92 Å². The predicted molar refractivity (Wildman–Crippen MR) is 111 cm³/mol. The number of aromatic nitrogens is 1. The van der Waals surface area contributed by atoms with Crippen molar-refractivity contribution in [2.75, 3.05) is 12.4 Å². The Bertz CT molecular complexity index is 1180. The number of nitrogens with one attached hydrogen (secondary N) is 1. The molecular formula is C18H17N3O8S2. The topological polar surface area (TPSA) is 174 Å². The van der Waals surface area contributed by atoms with E-state index in [1.54, 1.807) is 18.3 Å². The van der Waals surface area contributed by atoms with Crippen LogP contribution >= 0.6 is 11.3 Å². The van der Waals surface area contributed by atoms with Crippen molar-refractivity contribution >= 4 is 50.1 Å². The van der Waals surface area contributed by atoms with Crippen molar-refractivity contribution in [2.24, 2.45) is 0 Å². The summed E-state index contributed by atoms with van der Waals surface area (Å²) < 4.78 is 25.8. The van der Waals surface area contributed by atoms with Crippen LogP contribution in [0.25, 0.3) is 5.76 Å². The van der Waals surface area contributed by atoms with Crippen LogP contribution in [0.5, 0.6) is 0 Å². The number of thiazole rings is 1. The first-order chi connectivity index (χ1) is 14.4. The maximum atomic E-state index is 12.5. The molecule has 0 aliphatic carbocycles. The van der Waals surface area contributed by atoms with Crippen molar-refractivity contribution in [3.05, 3.63) is 58.8 Å². The van der Waals surface area contributed by atoms with Gasteiger partial charge in [0.1, 0.15) is 0 Å². The first-order valence-electron chi connectivity index (χ1n) is 8.34. The fourth-order valence-electron chi connectivity index (χ4n) is 2.39. The van der Waals surface area contributed by atoms with Gasteiger partial charge in [0.05, 0.1) is 4.90 Å². The van der Waals surface area contributed by atoms with Crippen molar-refractivity contribution in [3.63, 3.8) is 0 Å². The van der Waals surface area contributed by atoms with Gasteiger partial charge in [0.2, 0.25) is 0 Å². The molecule has 0 saturated heterocycles. The highest BCUT2D eigenvalue weighted by atomic mass is 32.2. The fraction of sp³-hybridized carbons (Fsp3) is 0.111. The molecule has 31 heavy (non-hydrogen) atoms. The molecule has 2 aromatic rings. The third kappa shape index (κ3) is 5.46. The van der Waals surface area contributed by atoms with Crippen LogP contribution < -0.4 is 5.32 Å². The predicted octanol–water partition coefficient (Wildman–Crippen LogP) is 1.66. The molecule has 1 amide bonds. The Morgan fingerprint density at radius 2 is 1.71 bits per heavy atom. The lowest BCUT2D eigenvalue weighted by atomic mass is 10.1. The Morgan fingerprint density at radius 3 is 2.23 bits per heavy atom. The molecule has 1 aromatic heterocycles. The number of amides is 1. The standard InChI is InChI=1S/C14H13N3O4S2.C4H4O4/c1-8-7-15-14(22-8)16-13(19)11-12(18)9-5-3-4-6-10(9)23(20,21)17(11)2;5-3(6)1-2-4(7)8/h3-7,18H,1-2H3,(H,15,16,19);1-2H,(H,5,6)(H,7,8)/b;2-1-. The highest BCUT2D eigenvalue weighted by molar-refractivity contribution is 7.89. The molecule has 0 spiro atoms. The van der Waals surface area contributed by atoms with Crippen LogP contribution in [0.3, 0.4) is 0 Å². The lowest BCUT2D eigenvalue weighted by molar-refractivity contribution is -0.134. The van der Waals surface area contributed by atoms with E-state index < -0.39 is 27.9 Å². The van der Waals surface area contributed by atoms with E-state index in [2.05, 4.69) is 10.3 Å². The second-order valence-corrected chi connectivity index (χ2v) is 9.08. The van der Waals surface area contributed by atoms with E-state index >= 15 is 0 Å². The number of aliphatic carboxylic acids is 2. The van der Waals surface area contributed by atoms with Crippen LogP contribution in [-0.4, -0.2) is 57.9 Å². The van der Waals surface area contributed by atoms with E-state index in [4.69, 9.17) is 10.2 Å². The van der Waals surface area contributed by atoms with Gasteiger partial charge >= 0.3 is 11.9 Å². The van der Waals surface area contributed by atoms with E-state index in [-0.39, 0.29) is 21.9 Å². The molecule has 4 N–H and O–H groups in total. The molecule has 0 saturated carbocycles. The number of carboxylic acids is 2. The van der Waals surface area contributed by atoms with Crippen LogP contribution in [0.2, 0.25) is 0 Å². The molecular weight excluding hydrogens is 450 g/mol. The first-order valence-corrected chi connectivity index (χ1v) is 10.6. The first kappa shape index (κ1) is 23.6. The Kier molecular flexibility index (Phi) is 7.15. The van der Waals surface area contributed by atoms with E-state index in [0.29, 0.717) is 17.3 Å². The summed E-state index contributed by atoms with van der Waals surface area (Å²) in [6, 6.07) is 5.99. The van der Waals surface area contributed by atoms with Gasteiger partial charge in [-0.25, -0.2) is 23.0 Å². The molecule has 0 fully saturated rings. The normalized spacial score (nSPS) is 14.5. The zero-order valence-corrected chi connectivity index (χ0v) is 17.8. The molecule has 1 aromatic carbocycles. The third-order valence-electron chi connectivity index (χ3n) is 3.75. The Balaban J connectivity index is 0.000000366. The molecule has 2 heterocycles.